The van der Waals surface area contributed by atoms with Gasteiger partial charge in [-0.15, -0.1) is 0 Å². The third-order valence-corrected chi connectivity index (χ3v) is 4.34. The van der Waals surface area contributed by atoms with Crippen LogP contribution in [-0.4, -0.2) is 11.7 Å². The quantitative estimate of drug-likeness (QED) is 0.804. The van der Waals surface area contributed by atoms with Crippen molar-refractivity contribution in [1.82, 2.24) is 0 Å². The van der Waals surface area contributed by atoms with Gasteiger partial charge >= 0.3 is 0 Å². The minimum atomic E-state index is 0.274. The predicted molar refractivity (Wildman–Crippen MR) is 77.0 cm³/mol. The standard InChI is InChI=1S/C17H26O/c1-2-6-17(13-18)16-11-9-15(10-12-16)14-7-4-3-5-8-14/h9-12,14,17-18H,2-8,13H2,1H3. The number of aliphatic hydroxyl groups excluding tert-OH is 1. The summed E-state index contributed by atoms with van der Waals surface area (Å²) in [5.74, 6) is 1.11. The second-order valence-electron chi connectivity index (χ2n) is 5.67. The highest BCUT2D eigenvalue weighted by Crippen LogP contribution is 2.33. The van der Waals surface area contributed by atoms with Crippen molar-refractivity contribution in [3.8, 4) is 0 Å². The molecule has 1 aliphatic rings. The van der Waals surface area contributed by atoms with Crippen LogP contribution in [0.2, 0.25) is 0 Å². The topological polar surface area (TPSA) is 20.2 Å². The number of hydrogen-bond donors (Lipinski definition) is 1. The zero-order valence-corrected chi connectivity index (χ0v) is 11.6. The van der Waals surface area contributed by atoms with Crippen LogP contribution < -0.4 is 0 Å². The van der Waals surface area contributed by atoms with E-state index in [1.54, 1.807) is 0 Å². The summed E-state index contributed by atoms with van der Waals surface area (Å²) in [5.41, 5.74) is 2.81. The molecular formula is C17H26O. The lowest BCUT2D eigenvalue weighted by molar-refractivity contribution is 0.258. The average molecular weight is 246 g/mol. The molecule has 1 N–H and O–H groups in total. The maximum atomic E-state index is 9.43. The number of aliphatic hydroxyl groups is 1. The van der Waals surface area contributed by atoms with Crippen molar-refractivity contribution < 1.29 is 5.11 Å². The normalized spacial score (nSPS) is 18.8. The lowest BCUT2D eigenvalue weighted by atomic mass is 9.83. The third kappa shape index (κ3) is 3.35. The van der Waals surface area contributed by atoms with E-state index in [1.807, 2.05) is 0 Å². The van der Waals surface area contributed by atoms with Gasteiger partial charge in [-0.3, -0.25) is 0 Å². The van der Waals surface area contributed by atoms with Gasteiger partial charge in [0.15, 0.2) is 0 Å². The van der Waals surface area contributed by atoms with Gasteiger partial charge in [-0.05, 0) is 36.3 Å². The van der Waals surface area contributed by atoms with Gasteiger partial charge in [0.1, 0.15) is 0 Å². The first-order chi connectivity index (χ1) is 8.85. The molecule has 0 saturated heterocycles. The molecule has 0 aliphatic heterocycles. The molecule has 1 nitrogen and oxygen atoms in total. The lowest BCUT2D eigenvalue weighted by Gasteiger charge is -2.22. The van der Waals surface area contributed by atoms with Crippen LogP contribution in [0.25, 0.3) is 0 Å². The van der Waals surface area contributed by atoms with Crippen LogP contribution in [-0.2, 0) is 0 Å². The lowest BCUT2D eigenvalue weighted by Crippen LogP contribution is -2.06. The van der Waals surface area contributed by atoms with Crippen LogP contribution in [0.3, 0.4) is 0 Å². The molecular weight excluding hydrogens is 220 g/mol. The van der Waals surface area contributed by atoms with E-state index in [1.165, 1.54) is 43.2 Å². The molecule has 0 radical (unpaired) electrons. The van der Waals surface area contributed by atoms with Crippen LogP contribution in [0.15, 0.2) is 24.3 Å². The molecule has 0 aromatic heterocycles. The van der Waals surface area contributed by atoms with E-state index in [0.717, 1.165) is 18.8 Å². The van der Waals surface area contributed by atoms with Crippen molar-refractivity contribution >= 4 is 0 Å². The Bertz CT molecular complexity index is 311. The third-order valence-electron chi connectivity index (χ3n) is 4.34. The molecule has 1 aromatic rings. The van der Waals surface area contributed by atoms with Gasteiger partial charge in [-0.25, -0.2) is 0 Å². The molecule has 1 unspecified atom stereocenters. The van der Waals surface area contributed by atoms with Crippen molar-refractivity contribution in [1.29, 1.82) is 0 Å². The maximum Gasteiger partial charge on any atom is 0.0499 e. The smallest absolute Gasteiger partial charge is 0.0499 e. The Balaban J connectivity index is 2.03. The summed E-state index contributed by atoms with van der Waals surface area (Å²) in [6, 6.07) is 9.06. The van der Waals surface area contributed by atoms with Crippen LogP contribution in [0.4, 0.5) is 0 Å². The Labute approximate surface area is 111 Å². The van der Waals surface area contributed by atoms with Gasteiger partial charge in [0.25, 0.3) is 0 Å². The molecule has 0 bridgehead atoms. The second-order valence-corrected chi connectivity index (χ2v) is 5.67. The van der Waals surface area contributed by atoms with Gasteiger partial charge in [-0.1, -0.05) is 56.9 Å². The Morgan fingerprint density at radius 3 is 2.33 bits per heavy atom. The highest BCUT2D eigenvalue weighted by molar-refractivity contribution is 5.28. The summed E-state index contributed by atoms with van der Waals surface area (Å²) in [7, 11) is 0. The van der Waals surface area contributed by atoms with Gasteiger partial charge in [0.2, 0.25) is 0 Å². The number of rotatable bonds is 5. The first-order valence-corrected chi connectivity index (χ1v) is 7.56. The van der Waals surface area contributed by atoms with E-state index in [0.29, 0.717) is 5.92 Å². The molecule has 1 heteroatoms. The first kappa shape index (κ1) is 13.6. The van der Waals surface area contributed by atoms with E-state index < -0.39 is 0 Å². The van der Waals surface area contributed by atoms with E-state index in [-0.39, 0.29) is 6.61 Å². The SMILES string of the molecule is CCCC(CO)c1ccc(C2CCCCC2)cc1. The summed E-state index contributed by atoms with van der Waals surface area (Å²) in [6.07, 6.45) is 9.13. The fraction of sp³-hybridized carbons (Fsp3) is 0.647. The van der Waals surface area contributed by atoms with Gasteiger partial charge in [-0.2, -0.15) is 0 Å². The summed E-state index contributed by atoms with van der Waals surface area (Å²) in [6.45, 7) is 2.45. The van der Waals surface area contributed by atoms with Crippen molar-refractivity contribution in [2.75, 3.05) is 6.61 Å². The largest absolute Gasteiger partial charge is 0.396 e. The van der Waals surface area contributed by atoms with Gasteiger partial charge in [0.05, 0.1) is 0 Å². The molecule has 1 fully saturated rings. The molecule has 0 amide bonds. The molecule has 1 saturated carbocycles. The molecule has 1 aromatic carbocycles. The average Bonchev–Trinajstić information content (AvgIpc) is 2.46. The predicted octanol–water partition coefficient (Wildman–Crippen LogP) is 4.61. The molecule has 1 atom stereocenters. The van der Waals surface area contributed by atoms with Gasteiger partial charge in [0, 0.05) is 12.5 Å². The summed E-state index contributed by atoms with van der Waals surface area (Å²) in [5, 5.41) is 9.43. The highest BCUT2D eigenvalue weighted by Gasteiger charge is 2.16. The van der Waals surface area contributed by atoms with Gasteiger partial charge < -0.3 is 5.11 Å². The fourth-order valence-corrected chi connectivity index (χ4v) is 3.19. The minimum absolute atomic E-state index is 0.274. The Kier molecular flexibility index (Phi) is 5.25. The zero-order chi connectivity index (χ0) is 12.8. The van der Waals surface area contributed by atoms with E-state index in [9.17, 15) is 5.11 Å². The Hall–Kier alpha value is -0.820. The molecule has 100 valence electrons. The summed E-state index contributed by atoms with van der Waals surface area (Å²) < 4.78 is 0. The van der Waals surface area contributed by atoms with Crippen LogP contribution in [0.1, 0.15) is 74.8 Å². The maximum absolute atomic E-state index is 9.43. The highest BCUT2D eigenvalue weighted by atomic mass is 16.3. The molecule has 0 spiro atoms. The van der Waals surface area contributed by atoms with Crippen LogP contribution in [0, 0.1) is 0 Å². The first-order valence-electron chi connectivity index (χ1n) is 7.56. The van der Waals surface area contributed by atoms with Crippen molar-refractivity contribution in [3.05, 3.63) is 35.4 Å². The van der Waals surface area contributed by atoms with Crippen LogP contribution in [0.5, 0.6) is 0 Å². The molecule has 18 heavy (non-hydrogen) atoms. The number of benzene rings is 1. The zero-order valence-electron chi connectivity index (χ0n) is 11.6. The van der Waals surface area contributed by atoms with E-state index in [4.69, 9.17) is 0 Å². The summed E-state index contributed by atoms with van der Waals surface area (Å²) >= 11 is 0. The van der Waals surface area contributed by atoms with Crippen molar-refractivity contribution in [2.24, 2.45) is 0 Å². The Morgan fingerprint density at radius 1 is 1.11 bits per heavy atom. The van der Waals surface area contributed by atoms with E-state index >= 15 is 0 Å². The molecule has 0 heterocycles. The van der Waals surface area contributed by atoms with Crippen LogP contribution >= 0.6 is 0 Å². The minimum Gasteiger partial charge on any atom is -0.396 e. The number of hydrogen-bond acceptors (Lipinski definition) is 1. The molecule has 1 aliphatic carbocycles. The second kappa shape index (κ2) is 6.94. The van der Waals surface area contributed by atoms with Crippen molar-refractivity contribution in [2.45, 2.75) is 63.7 Å². The Morgan fingerprint density at radius 2 is 1.78 bits per heavy atom. The van der Waals surface area contributed by atoms with E-state index in [2.05, 4.69) is 31.2 Å². The monoisotopic (exact) mass is 246 g/mol. The molecule has 2 rings (SSSR count). The summed E-state index contributed by atoms with van der Waals surface area (Å²) in [4.78, 5) is 0. The van der Waals surface area contributed by atoms with Crippen molar-refractivity contribution in [3.63, 3.8) is 0 Å². The fourth-order valence-electron chi connectivity index (χ4n) is 3.19.